The van der Waals surface area contributed by atoms with Crippen molar-refractivity contribution < 1.29 is 9.59 Å². The van der Waals surface area contributed by atoms with Gasteiger partial charge in [0.15, 0.2) is 0 Å². The Balaban J connectivity index is 1.22. The Hall–Kier alpha value is -1.91. The molecule has 2 amide bonds. The lowest BCUT2D eigenvalue weighted by Gasteiger charge is -2.56. The zero-order valence-corrected chi connectivity index (χ0v) is 14.7. The Morgan fingerprint density at radius 1 is 1.04 bits per heavy atom. The zero-order valence-electron chi connectivity index (χ0n) is 14.7. The fraction of sp³-hybridized carbons (Fsp3) is 0.650. The van der Waals surface area contributed by atoms with Crippen molar-refractivity contribution in [3.8, 4) is 0 Å². The molecule has 0 spiro atoms. The van der Waals surface area contributed by atoms with E-state index in [2.05, 4.69) is 15.6 Å². The highest BCUT2D eigenvalue weighted by Crippen LogP contribution is 2.61. The van der Waals surface area contributed by atoms with Crippen LogP contribution in [-0.2, 0) is 16.1 Å². The van der Waals surface area contributed by atoms with Crippen LogP contribution >= 0.6 is 0 Å². The molecule has 4 aliphatic carbocycles. The molecular weight excluding hydrogens is 314 g/mol. The molecule has 25 heavy (non-hydrogen) atoms. The second-order valence-electron chi connectivity index (χ2n) is 8.51. The number of carbonyl (C=O) groups is 2. The van der Waals surface area contributed by atoms with Gasteiger partial charge in [-0.25, -0.2) is 0 Å². The summed E-state index contributed by atoms with van der Waals surface area (Å²) in [5.41, 5.74) is 1.18. The molecule has 1 heterocycles. The number of nitrogens with one attached hydrogen (secondary N) is 2. The lowest BCUT2D eigenvalue weighted by Crippen LogP contribution is -2.48. The SMILES string of the molecule is O=C(CNC(=O)CC12CC3CC(CC(C3)C1)C2)NCc1cccnc1. The molecule has 0 aromatic carbocycles. The molecule has 4 bridgehead atoms. The summed E-state index contributed by atoms with van der Waals surface area (Å²) < 4.78 is 0. The van der Waals surface area contributed by atoms with Crippen molar-refractivity contribution in [3.05, 3.63) is 30.1 Å². The Kier molecular flexibility index (Phi) is 4.48. The Morgan fingerprint density at radius 2 is 1.72 bits per heavy atom. The van der Waals surface area contributed by atoms with Gasteiger partial charge in [-0.2, -0.15) is 0 Å². The second kappa shape index (κ2) is 6.77. The first-order valence-electron chi connectivity index (χ1n) is 9.52. The van der Waals surface area contributed by atoms with Gasteiger partial charge in [0.05, 0.1) is 6.54 Å². The minimum Gasteiger partial charge on any atom is -0.350 e. The van der Waals surface area contributed by atoms with Crippen LogP contribution in [0.25, 0.3) is 0 Å². The molecule has 0 radical (unpaired) electrons. The van der Waals surface area contributed by atoms with Crippen molar-refractivity contribution >= 4 is 11.8 Å². The van der Waals surface area contributed by atoms with Crippen molar-refractivity contribution in [1.82, 2.24) is 15.6 Å². The summed E-state index contributed by atoms with van der Waals surface area (Å²) in [5.74, 6) is 2.44. The summed E-state index contributed by atoms with van der Waals surface area (Å²) in [6, 6.07) is 3.76. The lowest BCUT2D eigenvalue weighted by molar-refractivity contribution is -0.131. The molecule has 4 saturated carbocycles. The number of carbonyl (C=O) groups excluding carboxylic acids is 2. The van der Waals surface area contributed by atoms with Crippen LogP contribution in [0, 0.1) is 23.2 Å². The first kappa shape index (κ1) is 16.6. The van der Waals surface area contributed by atoms with Crippen LogP contribution in [0.4, 0.5) is 0 Å². The standard InChI is InChI=1S/C20H27N3O2/c24-18(23-13-19(25)22-12-14-2-1-3-21-11-14)10-20-7-15-4-16(8-20)6-17(5-15)9-20/h1-3,11,15-17H,4-10,12-13H2,(H,22,25)(H,23,24). The quantitative estimate of drug-likeness (QED) is 0.835. The van der Waals surface area contributed by atoms with Gasteiger partial charge >= 0.3 is 0 Å². The van der Waals surface area contributed by atoms with Crippen LogP contribution in [0.2, 0.25) is 0 Å². The van der Waals surface area contributed by atoms with Crippen molar-refractivity contribution in [2.24, 2.45) is 23.2 Å². The van der Waals surface area contributed by atoms with Crippen LogP contribution in [0.1, 0.15) is 50.5 Å². The summed E-state index contributed by atoms with van der Waals surface area (Å²) in [6.45, 7) is 0.503. The lowest BCUT2D eigenvalue weighted by atomic mass is 9.49. The number of aromatic nitrogens is 1. The maximum Gasteiger partial charge on any atom is 0.239 e. The summed E-state index contributed by atoms with van der Waals surface area (Å²) in [7, 11) is 0. The minimum atomic E-state index is -0.150. The van der Waals surface area contributed by atoms with Crippen LogP contribution in [0.3, 0.4) is 0 Å². The molecule has 5 nitrogen and oxygen atoms in total. The summed E-state index contributed by atoms with van der Waals surface area (Å²) in [5, 5.41) is 5.65. The Labute approximate surface area is 149 Å². The van der Waals surface area contributed by atoms with Gasteiger partial charge in [0.25, 0.3) is 0 Å². The van der Waals surface area contributed by atoms with E-state index in [0.29, 0.717) is 13.0 Å². The van der Waals surface area contributed by atoms with Gasteiger partial charge in [0.1, 0.15) is 0 Å². The maximum atomic E-state index is 12.4. The highest BCUT2D eigenvalue weighted by molar-refractivity contribution is 5.84. The second-order valence-corrected chi connectivity index (χ2v) is 8.51. The van der Waals surface area contributed by atoms with Gasteiger partial charge in [-0.05, 0) is 73.3 Å². The highest BCUT2D eigenvalue weighted by atomic mass is 16.2. The number of pyridine rings is 1. The van der Waals surface area contributed by atoms with Crippen molar-refractivity contribution in [3.63, 3.8) is 0 Å². The van der Waals surface area contributed by atoms with Gasteiger partial charge in [0, 0.05) is 25.4 Å². The molecule has 5 rings (SSSR count). The fourth-order valence-corrected chi connectivity index (χ4v) is 5.85. The molecule has 2 N–H and O–H groups in total. The predicted octanol–water partition coefficient (Wildman–Crippen LogP) is 2.42. The van der Waals surface area contributed by atoms with Gasteiger partial charge in [0.2, 0.25) is 11.8 Å². The van der Waals surface area contributed by atoms with E-state index in [1.165, 1.54) is 38.5 Å². The third-order valence-electron chi connectivity index (χ3n) is 6.36. The zero-order chi connectivity index (χ0) is 17.3. The molecule has 0 saturated heterocycles. The van der Waals surface area contributed by atoms with Crippen LogP contribution in [0.15, 0.2) is 24.5 Å². The van der Waals surface area contributed by atoms with E-state index in [4.69, 9.17) is 0 Å². The number of hydrogen-bond acceptors (Lipinski definition) is 3. The molecular formula is C20H27N3O2. The van der Waals surface area contributed by atoms with Crippen LogP contribution < -0.4 is 10.6 Å². The third-order valence-corrected chi connectivity index (χ3v) is 6.36. The van der Waals surface area contributed by atoms with E-state index in [1.54, 1.807) is 12.4 Å². The molecule has 1 aromatic heterocycles. The summed E-state index contributed by atoms with van der Waals surface area (Å²) >= 11 is 0. The van der Waals surface area contributed by atoms with E-state index < -0.39 is 0 Å². The maximum absolute atomic E-state index is 12.4. The molecule has 4 aliphatic rings. The monoisotopic (exact) mass is 341 g/mol. The van der Waals surface area contributed by atoms with Crippen molar-refractivity contribution in [1.29, 1.82) is 0 Å². The highest BCUT2D eigenvalue weighted by Gasteiger charge is 2.51. The number of amides is 2. The van der Waals surface area contributed by atoms with Crippen LogP contribution in [0.5, 0.6) is 0 Å². The van der Waals surface area contributed by atoms with E-state index in [1.807, 2.05) is 12.1 Å². The van der Waals surface area contributed by atoms with E-state index >= 15 is 0 Å². The summed E-state index contributed by atoms with van der Waals surface area (Å²) in [4.78, 5) is 28.4. The molecule has 1 aromatic rings. The number of nitrogens with zero attached hydrogens (tertiary/aromatic N) is 1. The van der Waals surface area contributed by atoms with Gasteiger partial charge in [-0.1, -0.05) is 6.07 Å². The Bertz CT molecular complexity index is 608. The Morgan fingerprint density at radius 3 is 2.32 bits per heavy atom. The van der Waals surface area contributed by atoms with E-state index in [9.17, 15) is 9.59 Å². The molecule has 134 valence electrons. The smallest absolute Gasteiger partial charge is 0.239 e. The number of hydrogen-bond donors (Lipinski definition) is 2. The van der Waals surface area contributed by atoms with Gasteiger partial charge in [-0.3, -0.25) is 14.6 Å². The van der Waals surface area contributed by atoms with E-state index in [-0.39, 0.29) is 23.8 Å². The first-order valence-corrected chi connectivity index (χ1v) is 9.52. The fourth-order valence-electron chi connectivity index (χ4n) is 5.85. The molecule has 5 heteroatoms. The van der Waals surface area contributed by atoms with Crippen molar-refractivity contribution in [2.75, 3.05) is 6.54 Å². The average Bonchev–Trinajstić information content (AvgIpc) is 2.57. The molecule has 0 atom stereocenters. The molecule has 0 aliphatic heterocycles. The van der Waals surface area contributed by atoms with Crippen LogP contribution in [-0.4, -0.2) is 23.3 Å². The first-order chi connectivity index (χ1) is 12.1. The molecule has 0 unspecified atom stereocenters. The van der Waals surface area contributed by atoms with Crippen molar-refractivity contribution in [2.45, 2.75) is 51.5 Å². The van der Waals surface area contributed by atoms with Gasteiger partial charge in [-0.15, -0.1) is 0 Å². The third kappa shape index (κ3) is 3.86. The van der Waals surface area contributed by atoms with Gasteiger partial charge < -0.3 is 10.6 Å². The number of rotatable bonds is 6. The largest absolute Gasteiger partial charge is 0.350 e. The minimum absolute atomic E-state index is 0.0403. The predicted molar refractivity (Wildman–Crippen MR) is 94.3 cm³/mol. The average molecular weight is 341 g/mol. The van der Waals surface area contributed by atoms with E-state index in [0.717, 1.165) is 23.3 Å². The topological polar surface area (TPSA) is 71.1 Å². The molecule has 4 fully saturated rings. The summed E-state index contributed by atoms with van der Waals surface area (Å²) in [6.07, 6.45) is 11.9. The normalized spacial score (nSPS) is 32.4.